The lowest BCUT2D eigenvalue weighted by Gasteiger charge is -2.37. The molecule has 6 rings (SSSR count). The summed E-state index contributed by atoms with van der Waals surface area (Å²) in [6, 6.07) is 28.0. The molecule has 13 heteroatoms. The van der Waals surface area contributed by atoms with E-state index in [0.717, 1.165) is 47.1 Å². The predicted molar refractivity (Wildman–Crippen MR) is 297 cm³/mol. The van der Waals surface area contributed by atoms with Gasteiger partial charge in [-0.2, -0.15) is 4.57 Å². The number of unbranched alkanes of at least 4 members (excludes halogenated alkanes) is 15. The number of methoxy groups -OCH3 is 2. The number of carbonyl (C=O) groups is 3. The van der Waals surface area contributed by atoms with Gasteiger partial charge in [0.15, 0.2) is 0 Å². The number of aromatic nitrogens is 2. The maximum absolute atomic E-state index is 14.6. The molecule has 1 fully saturated rings. The van der Waals surface area contributed by atoms with Crippen molar-refractivity contribution in [3.8, 4) is 17.2 Å². The van der Waals surface area contributed by atoms with Crippen LogP contribution in [0.3, 0.4) is 0 Å². The van der Waals surface area contributed by atoms with Crippen LogP contribution in [0.15, 0.2) is 107 Å². The van der Waals surface area contributed by atoms with E-state index in [1.807, 2.05) is 92.7 Å². The summed E-state index contributed by atoms with van der Waals surface area (Å²) >= 11 is 0. The second-order valence-corrected chi connectivity index (χ2v) is 20.4. The zero-order valence-electron chi connectivity index (χ0n) is 46.2. The maximum Gasteiger partial charge on any atom is 0.340 e. The van der Waals surface area contributed by atoms with Gasteiger partial charge in [-0.3, -0.25) is 19.0 Å². The lowest BCUT2D eigenvalue weighted by Crippen LogP contribution is -2.45. The number of ether oxygens (including phenoxy) is 6. The highest BCUT2D eigenvalue weighted by Crippen LogP contribution is 2.43. The average molecular weight is 1040 g/mol. The van der Waals surface area contributed by atoms with E-state index < -0.39 is 47.2 Å². The number of Topliss-reactive ketones (excluding diaryl/α,β-unsaturated/α-hetero) is 1. The third-order valence-electron chi connectivity index (χ3n) is 14.7. The van der Waals surface area contributed by atoms with E-state index in [1.165, 1.54) is 108 Å². The highest BCUT2D eigenvalue weighted by molar-refractivity contribution is 5.96. The first-order valence-corrected chi connectivity index (χ1v) is 27.8. The summed E-state index contributed by atoms with van der Waals surface area (Å²) in [6.45, 7) is 9.31. The maximum atomic E-state index is 14.6. The van der Waals surface area contributed by atoms with Gasteiger partial charge < -0.3 is 33.2 Å². The first-order chi connectivity index (χ1) is 36.8. The van der Waals surface area contributed by atoms with Crippen LogP contribution in [0, 0.1) is 20.8 Å². The third kappa shape index (κ3) is 15.9. The van der Waals surface area contributed by atoms with Gasteiger partial charge in [0.2, 0.25) is 0 Å². The smallest absolute Gasteiger partial charge is 0.340 e. The lowest BCUT2D eigenvalue weighted by atomic mass is 9.80. The Kier molecular flexibility index (Phi) is 23.1. The molecule has 3 atom stereocenters. The van der Waals surface area contributed by atoms with Gasteiger partial charge >= 0.3 is 11.7 Å². The average Bonchev–Trinajstić information content (AvgIpc) is 3.84. The summed E-state index contributed by atoms with van der Waals surface area (Å²) in [7, 11) is 3.19. The molecule has 0 amide bonds. The highest BCUT2D eigenvalue weighted by atomic mass is 16.6. The molecule has 4 aromatic carbocycles. The summed E-state index contributed by atoms with van der Waals surface area (Å²) < 4.78 is 39.0. The molecule has 1 unspecified atom stereocenters. The second kappa shape index (κ2) is 29.8. The number of hydrogen-bond donors (Lipinski definition) is 0. The summed E-state index contributed by atoms with van der Waals surface area (Å²) in [5.41, 5.74) is 1.25. The van der Waals surface area contributed by atoms with Crippen molar-refractivity contribution in [3.05, 3.63) is 157 Å². The van der Waals surface area contributed by atoms with Crippen LogP contribution in [-0.2, 0) is 29.4 Å². The molecule has 1 aliphatic heterocycles. The Hall–Kier alpha value is -6.31. The summed E-state index contributed by atoms with van der Waals surface area (Å²) in [5, 5.41) is 0. The zero-order chi connectivity index (χ0) is 54.5. The normalized spacial score (nSPS) is 15.4. The van der Waals surface area contributed by atoms with E-state index in [9.17, 15) is 24.0 Å². The van der Waals surface area contributed by atoms with Gasteiger partial charge in [0, 0.05) is 30.2 Å². The molecular formula is C63H82N2O11. The minimum atomic E-state index is -1.27. The van der Waals surface area contributed by atoms with Gasteiger partial charge in [-0.25, -0.2) is 4.79 Å². The van der Waals surface area contributed by atoms with E-state index in [1.54, 1.807) is 26.4 Å². The van der Waals surface area contributed by atoms with Gasteiger partial charge in [-0.15, -0.1) is 0 Å². The van der Waals surface area contributed by atoms with E-state index in [4.69, 9.17) is 28.4 Å². The minimum absolute atomic E-state index is 0.0143. The highest BCUT2D eigenvalue weighted by Gasteiger charge is 2.44. The first kappa shape index (κ1) is 58.9. The van der Waals surface area contributed by atoms with Gasteiger partial charge in [0.25, 0.3) is 11.5 Å². The molecular weight excluding hydrogens is 961 g/mol. The van der Waals surface area contributed by atoms with Gasteiger partial charge in [-0.05, 0) is 98.3 Å². The first-order valence-electron chi connectivity index (χ1n) is 27.8. The van der Waals surface area contributed by atoms with Crippen molar-refractivity contribution in [2.24, 2.45) is 0 Å². The Labute approximate surface area is 450 Å². The Morgan fingerprint density at radius 2 is 1.18 bits per heavy atom. The fourth-order valence-electron chi connectivity index (χ4n) is 10.1. The fraction of sp³-hybridized carbons (Fsp3) is 0.508. The van der Waals surface area contributed by atoms with Crippen LogP contribution in [0.1, 0.15) is 186 Å². The molecule has 1 aromatic heterocycles. The standard InChI is InChI=1S/C63H82N2O11/c1-8-9-10-11-12-13-14-15-16-17-18-19-20-21-22-26-39-73-55-41-49(40-45(2)48(55)5)61(69)65-60(68)46(3)43-64(62(65)70)58-42-56(76-59(67)38-29-47(4)66)57(75-58)44-74-63(50-27-24-23-25-28-50,51-30-34-53(71-6)35-31-51)52-32-36-54(72-7)37-33-52/h23-25,27-28,30-37,40-41,43,56-58H,8-22,26,29,38-39,42,44H2,1-7H3/t56?,57-,58-/m1/s1. The van der Waals surface area contributed by atoms with Crippen LogP contribution in [0.4, 0.5) is 0 Å². The Balaban J connectivity index is 1.18. The molecule has 0 saturated carbocycles. The molecule has 1 aliphatic rings. The third-order valence-corrected chi connectivity index (χ3v) is 14.7. The minimum Gasteiger partial charge on any atom is -0.497 e. The molecule has 76 heavy (non-hydrogen) atoms. The molecule has 1 saturated heterocycles. The van der Waals surface area contributed by atoms with Crippen molar-refractivity contribution >= 4 is 17.7 Å². The fourth-order valence-corrected chi connectivity index (χ4v) is 10.1. The van der Waals surface area contributed by atoms with Crippen LogP contribution < -0.4 is 25.5 Å². The molecule has 410 valence electrons. The number of carbonyl (C=O) groups excluding carboxylic acids is 3. The van der Waals surface area contributed by atoms with Gasteiger partial charge in [0.05, 0.1) is 33.9 Å². The van der Waals surface area contributed by atoms with Crippen molar-refractivity contribution in [2.75, 3.05) is 27.4 Å². The van der Waals surface area contributed by atoms with Crippen molar-refractivity contribution in [1.29, 1.82) is 0 Å². The van der Waals surface area contributed by atoms with Gasteiger partial charge in [-0.1, -0.05) is 158 Å². The Morgan fingerprint density at radius 3 is 1.71 bits per heavy atom. The van der Waals surface area contributed by atoms with Crippen molar-refractivity contribution in [3.63, 3.8) is 0 Å². The largest absolute Gasteiger partial charge is 0.497 e. The van der Waals surface area contributed by atoms with E-state index in [0.29, 0.717) is 28.4 Å². The molecule has 0 N–H and O–H groups in total. The van der Waals surface area contributed by atoms with E-state index >= 15 is 0 Å². The van der Waals surface area contributed by atoms with E-state index in [2.05, 4.69) is 6.92 Å². The van der Waals surface area contributed by atoms with Crippen molar-refractivity contribution < 1.29 is 42.8 Å². The monoisotopic (exact) mass is 1040 g/mol. The lowest BCUT2D eigenvalue weighted by molar-refractivity contribution is -0.156. The van der Waals surface area contributed by atoms with Crippen LogP contribution in [0.5, 0.6) is 17.2 Å². The molecule has 13 nitrogen and oxygen atoms in total. The summed E-state index contributed by atoms with van der Waals surface area (Å²) in [4.78, 5) is 68.3. The van der Waals surface area contributed by atoms with Crippen LogP contribution >= 0.6 is 0 Å². The summed E-state index contributed by atoms with van der Waals surface area (Å²) in [6.07, 6.45) is 18.5. The number of nitrogens with zero attached hydrogens (tertiary/aromatic N) is 2. The Bertz CT molecular complexity index is 2700. The number of rotatable bonds is 32. The predicted octanol–water partition coefficient (Wildman–Crippen LogP) is 12.9. The number of benzene rings is 4. The van der Waals surface area contributed by atoms with Crippen molar-refractivity contribution in [1.82, 2.24) is 9.13 Å². The molecule has 0 aliphatic carbocycles. The SMILES string of the molecule is CCCCCCCCCCCCCCCCCCOc1cc(C(=O)n2c(=O)c(C)cn([C@H]3CC(OC(=O)CCC(C)=O)[C@@H](COC(c4ccccc4)(c4ccc(OC)cc4)c4ccc(OC)cc4)O3)c2=O)cc(C)c1C. The van der Waals surface area contributed by atoms with Crippen LogP contribution in [-0.4, -0.2) is 66.4 Å². The number of hydrogen-bond acceptors (Lipinski definition) is 11. The zero-order valence-corrected chi connectivity index (χ0v) is 46.2. The number of ketones is 1. The molecule has 0 radical (unpaired) electrons. The van der Waals surface area contributed by atoms with Crippen molar-refractivity contribution in [2.45, 2.75) is 181 Å². The second-order valence-electron chi connectivity index (χ2n) is 20.4. The molecule has 0 bridgehead atoms. The van der Waals surface area contributed by atoms with Crippen LogP contribution in [0.25, 0.3) is 0 Å². The van der Waals surface area contributed by atoms with E-state index in [-0.39, 0.29) is 42.8 Å². The van der Waals surface area contributed by atoms with Crippen LogP contribution in [0.2, 0.25) is 0 Å². The Morgan fingerprint density at radius 1 is 0.658 bits per heavy atom. The van der Waals surface area contributed by atoms with Gasteiger partial charge in [0.1, 0.15) is 47.1 Å². The quantitative estimate of drug-likeness (QED) is 0.0230. The topological polar surface area (TPSA) is 151 Å². The molecule has 0 spiro atoms. The number of aryl methyl sites for hydroxylation is 2. The molecule has 2 heterocycles. The summed E-state index contributed by atoms with van der Waals surface area (Å²) in [5.74, 6) is 0.216. The number of esters is 1. The molecule has 5 aromatic rings.